The van der Waals surface area contributed by atoms with E-state index in [1.807, 2.05) is 4.90 Å². The Morgan fingerprint density at radius 2 is 2.09 bits per heavy atom. The third kappa shape index (κ3) is 3.11. The minimum absolute atomic E-state index is 0.0988. The molecule has 2 aliphatic rings. The van der Waals surface area contributed by atoms with Crippen LogP contribution in [0.1, 0.15) is 60.1 Å². The van der Waals surface area contributed by atoms with Crippen molar-refractivity contribution in [3.05, 3.63) is 41.8 Å². The Hall–Kier alpha value is -2.24. The number of amides is 1. The molecule has 120 valence electrons. The Balaban J connectivity index is 1.38. The maximum Gasteiger partial charge on any atom is 0.254 e. The number of nitrogens with zero attached hydrogens (tertiary/aromatic N) is 4. The molecular weight excluding hydrogens is 292 g/mol. The molecule has 0 bridgehead atoms. The lowest BCUT2D eigenvalue weighted by atomic mass is 10.1. The molecule has 2 aromatic rings. The van der Waals surface area contributed by atoms with Crippen molar-refractivity contribution >= 4 is 5.91 Å². The van der Waals surface area contributed by atoms with Crippen LogP contribution in [0, 0.1) is 0 Å². The number of rotatable bonds is 5. The van der Waals surface area contributed by atoms with Crippen LogP contribution in [0.4, 0.5) is 0 Å². The van der Waals surface area contributed by atoms with Crippen LogP contribution in [0.5, 0.6) is 0 Å². The number of carbonyl (C=O) groups excluding carboxylic acids is 1. The Labute approximate surface area is 134 Å². The molecule has 0 N–H and O–H groups in total. The normalized spacial score (nSPS) is 20.9. The Morgan fingerprint density at radius 1 is 1.26 bits per heavy atom. The van der Waals surface area contributed by atoms with Crippen molar-refractivity contribution in [1.29, 1.82) is 0 Å². The highest BCUT2D eigenvalue weighted by molar-refractivity contribution is 5.94. The van der Waals surface area contributed by atoms with Crippen LogP contribution in [0.2, 0.25) is 0 Å². The zero-order valence-electron chi connectivity index (χ0n) is 13.0. The van der Waals surface area contributed by atoms with Gasteiger partial charge in [-0.1, -0.05) is 5.16 Å². The van der Waals surface area contributed by atoms with E-state index in [2.05, 4.69) is 15.1 Å². The molecule has 6 heteroatoms. The minimum Gasteiger partial charge on any atom is -0.339 e. The second kappa shape index (κ2) is 6.10. The Morgan fingerprint density at radius 3 is 2.87 bits per heavy atom. The molecule has 0 radical (unpaired) electrons. The fourth-order valence-corrected chi connectivity index (χ4v) is 3.22. The third-order valence-corrected chi connectivity index (χ3v) is 4.68. The van der Waals surface area contributed by atoms with E-state index in [9.17, 15) is 4.79 Å². The fourth-order valence-electron chi connectivity index (χ4n) is 3.22. The molecule has 1 atom stereocenters. The van der Waals surface area contributed by atoms with E-state index in [0.717, 1.165) is 43.9 Å². The SMILES string of the molecule is O=C(c1ccncc1)N1CCCC1CCc1noc(C2CC2)n1. The smallest absolute Gasteiger partial charge is 0.254 e. The minimum atomic E-state index is 0.0988. The van der Waals surface area contributed by atoms with Crippen LogP contribution in [0.15, 0.2) is 29.0 Å². The number of pyridine rings is 1. The molecule has 1 saturated heterocycles. The van der Waals surface area contributed by atoms with E-state index < -0.39 is 0 Å². The van der Waals surface area contributed by atoms with Gasteiger partial charge in [-0.3, -0.25) is 9.78 Å². The maximum atomic E-state index is 12.6. The number of hydrogen-bond donors (Lipinski definition) is 0. The highest BCUT2D eigenvalue weighted by Crippen LogP contribution is 2.38. The van der Waals surface area contributed by atoms with Gasteiger partial charge in [0.05, 0.1) is 0 Å². The third-order valence-electron chi connectivity index (χ3n) is 4.68. The first-order valence-corrected chi connectivity index (χ1v) is 8.35. The van der Waals surface area contributed by atoms with Gasteiger partial charge in [-0.25, -0.2) is 0 Å². The summed E-state index contributed by atoms with van der Waals surface area (Å²) in [6.45, 7) is 0.825. The zero-order valence-corrected chi connectivity index (χ0v) is 13.0. The van der Waals surface area contributed by atoms with Gasteiger partial charge in [0, 0.05) is 42.9 Å². The number of hydrogen-bond acceptors (Lipinski definition) is 5. The van der Waals surface area contributed by atoms with Gasteiger partial charge in [-0.15, -0.1) is 0 Å². The second-order valence-corrected chi connectivity index (χ2v) is 6.39. The van der Waals surface area contributed by atoms with Crippen LogP contribution < -0.4 is 0 Å². The standard InChI is InChI=1S/C17H20N4O2/c22-17(13-7-9-18-10-8-13)21-11-1-2-14(21)5-6-15-19-16(23-20-15)12-3-4-12/h7-10,12,14H,1-6,11H2. The van der Waals surface area contributed by atoms with Crippen LogP contribution in [0.3, 0.4) is 0 Å². The van der Waals surface area contributed by atoms with Crippen molar-refractivity contribution in [2.45, 2.75) is 50.5 Å². The molecule has 1 aliphatic carbocycles. The molecule has 4 rings (SSSR count). The van der Waals surface area contributed by atoms with Crippen molar-refractivity contribution in [2.75, 3.05) is 6.54 Å². The Bertz CT molecular complexity index is 681. The molecule has 1 amide bonds. The summed E-state index contributed by atoms with van der Waals surface area (Å²) in [4.78, 5) is 23.0. The molecule has 6 nitrogen and oxygen atoms in total. The summed E-state index contributed by atoms with van der Waals surface area (Å²) in [5.41, 5.74) is 0.711. The number of carbonyl (C=O) groups is 1. The summed E-state index contributed by atoms with van der Waals surface area (Å²) >= 11 is 0. The van der Waals surface area contributed by atoms with Crippen molar-refractivity contribution in [3.8, 4) is 0 Å². The molecule has 1 aliphatic heterocycles. The summed E-state index contributed by atoms with van der Waals surface area (Å²) in [5.74, 6) is 2.15. The van der Waals surface area contributed by atoms with Gasteiger partial charge < -0.3 is 9.42 Å². The van der Waals surface area contributed by atoms with Gasteiger partial charge in [0.1, 0.15) is 0 Å². The number of aromatic nitrogens is 3. The van der Waals surface area contributed by atoms with Gasteiger partial charge in [0.15, 0.2) is 5.82 Å². The summed E-state index contributed by atoms with van der Waals surface area (Å²) < 4.78 is 5.30. The molecule has 23 heavy (non-hydrogen) atoms. The van der Waals surface area contributed by atoms with Gasteiger partial charge in [-0.05, 0) is 44.2 Å². The van der Waals surface area contributed by atoms with Crippen molar-refractivity contribution < 1.29 is 9.32 Å². The molecule has 0 aromatic carbocycles. The van der Waals surface area contributed by atoms with Gasteiger partial charge in [-0.2, -0.15) is 4.98 Å². The van der Waals surface area contributed by atoms with Crippen molar-refractivity contribution in [3.63, 3.8) is 0 Å². The first-order valence-electron chi connectivity index (χ1n) is 8.35. The number of likely N-dealkylation sites (tertiary alicyclic amines) is 1. The van der Waals surface area contributed by atoms with E-state index in [4.69, 9.17) is 4.52 Å². The van der Waals surface area contributed by atoms with E-state index >= 15 is 0 Å². The fraction of sp³-hybridized carbons (Fsp3) is 0.529. The predicted molar refractivity (Wildman–Crippen MR) is 82.9 cm³/mol. The lowest BCUT2D eigenvalue weighted by Gasteiger charge is -2.24. The maximum absolute atomic E-state index is 12.6. The molecule has 2 aromatic heterocycles. The molecule has 0 spiro atoms. The molecule has 2 fully saturated rings. The van der Waals surface area contributed by atoms with E-state index in [1.165, 1.54) is 12.8 Å². The van der Waals surface area contributed by atoms with Crippen LogP contribution in [-0.4, -0.2) is 38.5 Å². The molecule has 1 saturated carbocycles. The van der Waals surface area contributed by atoms with Crippen LogP contribution in [0.25, 0.3) is 0 Å². The first kappa shape index (κ1) is 14.4. The predicted octanol–water partition coefficient (Wildman–Crippen LogP) is 2.58. The number of aryl methyl sites for hydroxylation is 1. The summed E-state index contributed by atoms with van der Waals surface area (Å²) in [5, 5.41) is 4.07. The Kier molecular flexibility index (Phi) is 3.81. The van der Waals surface area contributed by atoms with Gasteiger partial charge in [0.2, 0.25) is 5.89 Å². The molecular formula is C17H20N4O2. The van der Waals surface area contributed by atoms with Gasteiger partial charge >= 0.3 is 0 Å². The average molecular weight is 312 g/mol. The lowest BCUT2D eigenvalue weighted by Crippen LogP contribution is -2.35. The van der Waals surface area contributed by atoms with E-state index in [1.54, 1.807) is 24.5 Å². The van der Waals surface area contributed by atoms with E-state index in [0.29, 0.717) is 11.5 Å². The zero-order chi connectivity index (χ0) is 15.6. The highest BCUT2D eigenvalue weighted by Gasteiger charge is 2.31. The molecule has 1 unspecified atom stereocenters. The molecule has 3 heterocycles. The quantitative estimate of drug-likeness (QED) is 0.848. The largest absolute Gasteiger partial charge is 0.339 e. The summed E-state index contributed by atoms with van der Waals surface area (Å²) in [6, 6.07) is 3.82. The average Bonchev–Trinajstić information content (AvgIpc) is 3.15. The highest BCUT2D eigenvalue weighted by atomic mass is 16.5. The summed E-state index contributed by atoms with van der Waals surface area (Å²) in [7, 11) is 0. The lowest BCUT2D eigenvalue weighted by molar-refractivity contribution is 0.0730. The topological polar surface area (TPSA) is 72.1 Å². The monoisotopic (exact) mass is 312 g/mol. The van der Waals surface area contributed by atoms with Gasteiger partial charge in [0.25, 0.3) is 5.91 Å². The van der Waals surface area contributed by atoms with E-state index in [-0.39, 0.29) is 11.9 Å². The van der Waals surface area contributed by atoms with Crippen molar-refractivity contribution in [1.82, 2.24) is 20.0 Å². The van der Waals surface area contributed by atoms with Crippen LogP contribution in [-0.2, 0) is 6.42 Å². The second-order valence-electron chi connectivity index (χ2n) is 6.39. The summed E-state index contributed by atoms with van der Waals surface area (Å²) in [6.07, 6.45) is 9.41. The van der Waals surface area contributed by atoms with Crippen LogP contribution >= 0.6 is 0 Å². The first-order chi connectivity index (χ1) is 11.3. The van der Waals surface area contributed by atoms with Crippen molar-refractivity contribution in [2.24, 2.45) is 0 Å².